The lowest BCUT2D eigenvalue weighted by Gasteiger charge is -2.12. The molecule has 1 aromatic heterocycles. The molecule has 0 saturated carbocycles. The van der Waals surface area contributed by atoms with E-state index in [0.29, 0.717) is 6.54 Å². The van der Waals surface area contributed by atoms with Gasteiger partial charge in [0.05, 0.1) is 0 Å². The summed E-state index contributed by atoms with van der Waals surface area (Å²) in [6.45, 7) is 0.613. The zero-order valence-electron chi connectivity index (χ0n) is 8.64. The second-order valence-electron chi connectivity index (χ2n) is 3.04. The second kappa shape index (κ2) is 6.10. The Labute approximate surface area is 88.6 Å². The molecule has 0 aliphatic carbocycles. The standard InChI is InChI=1S/C10H15N3O2/c1-15-9(5-11)10(14)13-7-8-3-2-4-12-6-8/h2-4,6,9H,5,7,11H2,1H3,(H,13,14). The first kappa shape index (κ1) is 11.6. The van der Waals surface area contributed by atoms with Crippen molar-refractivity contribution in [2.24, 2.45) is 5.73 Å². The van der Waals surface area contributed by atoms with Crippen molar-refractivity contribution < 1.29 is 9.53 Å². The number of nitrogens with zero attached hydrogens (tertiary/aromatic N) is 1. The number of nitrogens with one attached hydrogen (secondary N) is 1. The van der Waals surface area contributed by atoms with E-state index in [0.717, 1.165) is 5.56 Å². The Bertz CT molecular complexity index is 299. The molecule has 0 saturated heterocycles. The van der Waals surface area contributed by atoms with Crippen LogP contribution in [0.1, 0.15) is 5.56 Å². The zero-order chi connectivity index (χ0) is 11.1. The second-order valence-corrected chi connectivity index (χ2v) is 3.04. The number of hydrogen-bond donors (Lipinski definition) is 2. The molecule has 0 aromatic carbocycles. The minimum Gasteiger partial charge on any atom is -0.370 e. The van der Waals surface area contributed by atoms with Crippen LogP contribution in [0.4, 0.5) is 0 Å². The third-order valence-corrected chi connectivity index (χ3v) is 1.98. The predicted molar refractivity (Wildman–Crippen MR) is 55.9 cm³/mol. The number of pyridine rings is 1. The van der Waals surface area contributed by atoms with E-state index in [2.05, 4.69) is 10.3 Å². The Kier molecular flexibility index (Phi) is 4.73. The number of nitrogens with two attached hydrogens (primary N) is 1. The smallest absolute Gasteiger partial charge is 0.250 e. The highest BCUT2D eigenvalue weighted by Gasteiger charge is 2.14. The van der Waals surface area contributed by atoms with Gasteiger partial charge < -0.3 is 15.8 Å². The van der Waals surface area contributed by atoms with Gasteiger partial charge in [-0.3, -0.25) is 9.78 Å². The van der Waals surface area contributed by atoms with E-state index in [4.69, 9.17) is 10.5 Å². The number of rotatable bonds is 5. The van der Waals surface area contributed by atoms with Crippen molar-refractivity contribution in [3.8, 4) is 0 Å². The van der Waals surface area contributed by atoms with Crippen molar-refractivity contribution in [1.82, 2.24) is 10.3 Å². The lowest BCUT2D eigenvalue weighted by molar-refractivity contribution is -0.130. The van der Waals surface area contributed by atoms with Gasteiger partial charge >= 0.3 is 0 Å². The Morgan fingerprint density at radius 2 is 2.53 bits per heavy atom. The minimum absolute atomic E-state index is 0.176. The number of carbonyl (C=O) groups is 1. The number of methoxy groups -OCH3 is 1. The number of amides is 1. The molecular formula is C10H15N3O2. The molecule has 5 nitrogen and oxygen atoms in total. The highest BCUT2D eigenvalue weighted by molar-refractivity contribution is 5.80. The van der Waals surface area contributed by atoms with Crippen LogP contribution in [0.15, 0.2) is 24.5 Å². The average molecular weight is 209 g/mol. The Morgan fingerprint density at radius 3 is 3.07 bits per heavy atom. The monoisotopic (exact) mass is 209 g/mol. The van der Waals surface area contributed by atoms with Crippen molar-refractivity contribution in [2.75, 3.05) is 13.7 Å². The molecule has 0 fully saturated rings. The van der Waals surface area contributed by atoms with Crippen molar-refractivity contribution >= 4 is 5.91 Å². The van der Waals surface area contributed by atoms with Gasteiger partial charge in [-0.25, -0.2) is 0 Å². The number of carbonyl (C=O) groups excluding carboxylic acids is 1. The van der Waals surface area contributed by atoms with Crippen LogP contribution in [-0.4, -0.2) is 30.6 Å². The van der Waals surface area contributed by atoms with Gasteiger partial charge in [0.25, 0.3) is 5.91 Å². The summed E-state index contributed by atoms with van der Waals surface area (Å²) in [6, 6.07) is 3.70. The van der Waals surface area contributed by atoms with E-state index >= 15 is 0 Å². The molecule has 5 heteroatoms. The summed E-state index contributed by atoms with van der Waals surface area (Å²) in [7, 11) is 1.46. The van der Waals surface area contributed by atoms with Crippen LogP contribution in [0.5, 0.6) is 0 Å². The van der Waals surface area contributed by atoms with Gasteiger partial charge in [-0.05, 0) is 11.6 Å². The zero-order valence-corrected chi connectivity index (χ0v) is 8.64. The molecule has 1 rings (SSSR count). The minimum atomic E-state index is -0.582. The molecular weight excluding hydrogens is 194 g/mol. The van der Waals surface area contributed by atoms with Crippen LogP contribution in [0, 0.1) is 0 Å². The van der Waals surface area contributed by atoms with E-state index < -0.39 is 6.10 Å². The van der Waals surface area contributed by atoms with Gasteiger partial charge in [-0.1, -0.05) is 6.07 Å². The first-order valence-electron chi connectivity index (χ1n) is 4.67. The lowest BCUT2D eigenvalue weighted by Crippen LogP contribution is -2.40. The van der Waals surface area contributed by atoms with Crippen LogP contribution in [0.3, 0.4) is 0 Å². The maximum atomic E-state index is 11.4. The molecule has 1 atom stereocenters. The van der Waals surface area contributed by atoms with Gasteiger partial charge in [0.15, 0.2) is 0 Å². The number of hydrogen-bond acceptors (Lipinski definition) is 4. The molecule has 0 spiro atoms. The fourth-order valence-corrected chi connectivity index (χ4v) is 1.12. The molecule has 1 amide bonds. The number of ether oxygens (including phenoxy) is 1. The van der Waals surface area contributed by atoms with E-state index in [-0.39, 0.29) is 12.5 Å². The third kappa shape index (κ3) is 3.65. The number of aromatic nitrogens is 1. The molecule has 1 aromatic rings. The summed E-state index contributed by atoms with van der Waals surface area (Å²) in [6.07, 6.45) is 2.80. The summed E-state index contributed by atoms with van der Waals surface area (Å²) in [5.41, 5.74) is 6.30. The van der Waals surface area contributed by atoms with Crippen molar-refractivity contribution in [3.05, 3.63) is 30.1 Å². The summed E-state index contributed by atoms with van der Waals surface area (Å²) in [5, 5.41) is 2.72. The fourth-order valence-electron chi connectivity index (χ4n) is 1.12. The molecule has 82 valence electrons. The van der Waals surface area contributed by atoms with Crippen LogP contribution in [-0.2, 0) is 16.1 Å². The first-order valence-corrected chi connectivity index (χ1v) is 4.67. The molecule has 15 heavy (non-hydrogen) atoms. The molecule has 3 N–H and O–H groups in total. The Balaban J connectivity index is 2.40. The van der Waals surface area contributed by atoms with Crippen molar-refractivity contribution in [1.29, 1.82) is 0 Å². The van der Waals surface area contributed by atoms with Crippen LogP contribution < -0.4 is 11.1 Å². The van der Waals surface area contributed by atoms with Crippen LogP contribution >= 0.6 is 0 Å². The Morgan fingerprint density at radius 1 is 1.73 bits per heavy atom. The highest BCUT2D eigenvalue weighted by atomic mass is 16.5. The van der Waals surface area contributed by atoms with Gasteiger partial charge in [0.2, 0.25) is 0 Å². The summed E-state index contributed by atoms with van der Waals surface area (Å²) in [5.74, 6) is -0.205. The average Bonchev–Trinajstić information content (AvgIpc) is 2.29. The normalized spacial score (nSPS) is 12.1. The summed E-state index contributed by atoms with van der Waals surface area (Å²) in [4.78, 5) is 15.4. The highest BCUT2D eigenvalue weighted by Crippen LogP contribution is 1.95. The topological polar surface area (TPSA) is 77.2 Å². The maximum Gasteiger partial charge on any atom is 0.250 e. The predicted octanol–water partition coefficient (Wildman–Crippen LogP) is -0.328. The van der Waals surface area contributed by atoms with Gasteiger partial charge in [-0.2, -0.15) is 0 Å². The SMILES string of the molecule is COC(CN)C(=O)NCc1cccnc1. The maximum absolute atomic E-state index is 11.4. The quantitative estimate of drug-likeness (QED) is 0.696. The van der Waals surface area contributed by atoms with E-state index in [9.17, 15) is 4.79 Å². The van der Waals surface area contributed by atoms with E-state index in [1.54, 1.807) is 12.4 Å². The van der Waals surface area contributed by atoms with Crippen LogP contribution in [0.2, 0.25) is 0 Å². The first-order chi connectivity index (χ1) is 7.27. The van der Waals surface area contributed by atoms with Crippen molar-refractivity contribution in [2.45, 2.75) is 12.6 Å². The fraction of sp³-hybridized carbons (Fsp3) is 0.400. The third-order valence-electron chi connectivity index (χ3n) is 1.98. The molecule has 1 heterocycles. The van der Waals surface area contributed by atoms with Gasteiger partial charge in [0.1, 0.15) is 6.10 Å². The molecule has 1 unspecified atom stereocenters. The van der Waals surface area contributed by atoms with Gasteiger partial charge in [0, 0.05) is 32.6 Å². The summed E-state index contributed by atoms with van der Waals surface area (Å²) < 4.78 is 4.90. The van der Waals surface area contributed by atoms with Crippen molar-refractivity contribution in [3.63, 3.8) is 0 Å². The largest absolute Gasteiger partial charge is 0.370 e. The van der Waals surface area contributed by atoms with E-state index in [1.807, 2.05) is 12.1 Å². The molecule has 0 aliphatic heterocycles. The van der Waals surface area contributed by atoms with Gasteiger partial charge in [-0.15, -0.1) is 0 Å². The molecule has 0 bridgehead atoms. The Hall–Kier alpha value is -1.46. The summed E-state index contributed by atoms with van der Waals surface area (Å²) >= 11 is 0. The molecule has 0 aliphatic rings. The van der Waals surface area contributed by atoms with E-state index in [1.165, 1.54) is 7.11 Å². The van der Waals surface area contributed by atoms with Crippen LogP contribution in [0.25, 0.3) is 0 Å². The lowest BCUT2D eigenvalue weighted by atomic mass is 10.2. The molecule has 0 radical (unpaired) electrons.